The Kier molecular flexibility index (Phi) is 4.73. The third-order valence-corrected chi connectivity index (χ3v) is 3.56. The Morgan fingerprint density at radius 2 is 2.35 bits per heavy atom. The summed E-state index contributed by atoms with van der Waals surface area (Å²) in [5, 5.41) is 15.5. The highest BCUT2D eigenvalue weighted by atomic mass is 16.4. The van der Waals surface area contributed by atoms with Gasteiger partial charge in [-0.15, -0.1) is 0 Å². The minimum absolute atomic E-state index is 0.00654. The van der Waals surface area contributed by atoms with Crippen molar-refractivity contribution in [2.75, 3.05) is 26.2 Å². The quantitative estimate of drug-likeness (QED) is 0.789. The van der Waals surface area contributed by atoms with E-state index in [1.54, 1.807) is 24.0 Å². The van der Waals surface area contributed by atoms with Gasteiger partial charge < -0.3 is 15.3 Å². The maximum atomic E-state index is 12.4. The van der Waals surface area contributed by atoms with Gasteiger partial charge in [-0.05, 0) is 24.8 Å². The topological polar surface area (TPSA) is 87.5 Å². The summed E-state index contributed by atoms with van der Waals surface area (Å²) >= 11 is 0. The second-order valence-corrected chi connectivity index (χ2v) is 5.12. The Morgan fingerprint density at radius 1 is 1.55 bits per heavy atom. The molecule has 20 heavy (non-hydrogen) atoms. The standard InChI is InChI=1S/C13H20N4O3/c1-16-11(4-5-15-16)13(20)17-6-2-3-10(9-17)7-14-8-12(18)19/h4-5,10,14H,2-3,6-9H2,1H3,(H,18,19). The Balaban J connectivity index is 1.88. The van der Waals surface area contributed by atoms with Crippen molar-refractivity contribution in [3.05, 3.63) is 18.0 Å². The number of aromatic nitrogens is 2. The maximum absolute atomic E-state index is 12.4. The molecule has 0 radical (unpaired) electrons. The van der Waals surface area contributed by atoms with Crippen LogP contribution in [0.5, 0.6) is 0 Å². The van der Waals surface area contributed by atoms with E-state index in [2.05, 4.69) is 10.4 Å². The molecule has 7 nitrogen and oxygen atoms in total. The molecule has 1 aliphatic heterocycles. The van der Waals surface area contributed by atoms with E-state index in [1.807, 2.05) is 4.90 Å². The van der Waals surface area contributed by atoms with Gasteiger partial charge in [-0.2, -0.15) is 5.10 Å². The molecule has 2 heterocycles. The fourth-order valence-electron chi connectivity index (χ4n) is 2.55. The summed E-state index contributed by atoms with van der Waals surface area (Å²) < 4.78 is 1.58. The van der Waals surface area contributed by atoms with Crippen LogP contribution in [0.3, 0.4) is 0 Å². The minimum atomic E-state index is -0.858. The van der Waals surface area contributed by atoms with Crippen LogP contribution in [0.4, 0.5) is 0 Å². The molecular weight excluding hydrogens is 260 g/mol. The smallest absolute Gasteiger partial charge is 0.317 e. The highest BCUT2D eigenvalue weighted by Gasteiger charge is 2.25. The van der Waals surface area contributed by atoms with Gasteiger partial charge in [0.2, 0.25) is 0 Å². The molecule has 0 spiro atoms. The molecule has 1 aromatic rings. The summed E-state index contributed by atoms with van der Waals surface area (Å²) in [4.78, 5) is 24.7. The van der Waals surface area contributed by atoms with E-state index in [0.29, 0.717) is 24.7 Å². The average molecular weight is 280 g/mol. The monoisotopic (exact) mass is 280 g/mol. The largest absolute Gasteiger partial charge is 0.480 e. The highest BCUT2D eigenvalue weighted by Crippen LogP contribution is 2.17. The summed E-state index contributed by atoms with van der Waals surface area (Å²) in [6.45, 7) is 2.00. The second-order valence-electron chi connectivity index (χ2n) is 5.12. The number of hydrogen-bond donors (Lipinski definition) is 2. The number of aliphatic carboxylic acids is 1. The molecule has 0 aliphatic carbocycles. The zero-order chi connectivity index (χ0) is 14.5. The number of nitrogens with one attached hydrogen (secondary N) is 1. The van der Waals surface area contributed by atoms with Crippen molar-refractivity contribution >= 4 is 11.9 Å². The number of carboxylic acid groups (broad SMARTS) is 1. The number of piperidine rings is 1. The molecule has 2 rings (SSSR count). The predicted octanol–water partition coefficient (Wildman–Crippen LogP) is -0.0535. The molecule has 110 valence electrons. The molecule has 0 bridgehead atoms. The molecule has 1 unspecified atom stereocenters. The first kappa shape index (κ1) is 14.5. The van der Waals surface area contributed by atoms with Crippen molar-refractivity contribution in [3.8, 4) is 0 Å². The van der Waals surface area contributed by atoms with Gasteiger partial charge in [-0.3, -0.25) is 14.3 Å². The van der Waals surface area contributed by atoms with Gasteiger partial charge in [0.05, 0.1) is 6.54 Å². The van der Waals surface area contributed by atoms with E-state index in [9.17, 15) is 9.59 Å². The summed E-state index contributed by atoms with van der Waals surface area (Å²) in [6.07, 6.45) is 3.58. The number of aryl methyl sites for hydroxylation is 1. The fourth-order valence-corrected chi connectivity index (χ4v) is 2.55. The van der Waals surface area contributed by atoms with Crippen LogP contribution < -0.4 is 5.32 Å². The van der Waals surface area contributed by atoms with E-state index >= 15 is 0 Å². The van der Waals surface area contributed by atoms with Crippen LogP contribution >= 0.6 is 0 Å². The number of carbonyl (C=O) groups excluding carboxylic acids is 1. The number of amides is 1. The Bertz CT molecular complexity index is 486. The summed E-state index contributed by atoms with van der Waals surface area (Å²) in [6, 6.07) is 1.72. The van der Waals surface area contributed by atoms with Crippen LogP contribution in [0.25, 0.3) is 0 Å². The Labute approximate surface area is 117 Å². The molecule has 1 aliphatic rings. The SMILES string of the molecule is Cn1nccc1C(=O)N1CCCC(CNCC(=O)O)C1. The van der Waals surface area contributed by atoms with Crippen molar-refractivity contribution in [3.63, 3.8) is 0 Å². The number of rotatable bonds is 5. The number of hydrogen-bond acceptors (Lipinski definition) is 4. The van der Waals surface area contributed by atoms with Crippen molar-refractivity contribution in [1.82, 2.24) is 20.0 Å². The lowest BCUT2D eigenvalue weighted by atomic mass is 9.97. The van der Waals surface area contributed by atoms with E-state index in [0.717, 1.165) is 19.4 Å². The van der Waals surface area contributed by atoms with Crippen molar-refractivity contribution < 1.29 is 14.7 Å². The second kappa shape index (κ2) is 6.51. The summed E-state index contributed by atoms with van der Waals surface area (Å²) in [5.41, 5.74) is 0.587. The third-order valence-electron chi connectivity index (χ3n) is 3.56. The lowest BCUT2D eigenvalue weighted by molar-refractivity contribution is -0.136. The fraction of sp³-hybridized carbons (Fsp3) is 0.615. The zero-order valence-corrected chi connectivity index (χ0v) is 11.6. The predicted molar refractivity (Wildman–Crippen MR) is 72.3 cm³/mol. The summed E-state index contributed by atoms with van der Waals surface area (Å²) in [7, 11) is 1.75. The molecule has 1 saturated heterocycles. The number of carbonyl (C=O) groups is 2. The first-order valence-electron chi connectivity index (χ1n) is 6.77. The first-order chi connectivity index (χ1) is 9.58. The lowest BCUT2D eigenvalue weighted by Gasteiger charge is -2.32. The van der Waals surface area contributed by atoms with Crippen LogP contribution in [0.1, 0.15) is 23.3 Å². The van der Waals surface area contributed by atoms with Gasteiger partial charge in [0.1, 0.15) is 5.69 Å². The van der Waals surface area contributed by atoms with Crippen LogP contribution in [0.2, 0.25) is 0 Å². The van der Waals surface area contributed by atoms with Crippen LogP contribution in [0, 0.1) is 5.92 Å². The molecular formula is C13H20N4O3. The Hall–Kier alpha value is -1.89. The molecule has 0 aromatic carbocycles. The molecule has 1 atom stereocenters. The van der Waals surface area contributed by atoms with E-state index in [4.69, 9.17) is 5.11 Å². The molecule has 2 N–H and O–H groups in total. The molecule has 1 amide bonds. The normalized spacial score (nSPS) is 19.1. The van der Waals surface area contributed by atoms with Crippen LogP contribution in [-0.4, -0.2) is 57.8 Å². The van der Waals surface area contributed by atoms with Crippen molar-refractivity contribution in [2.45, 2.75) is 12.8 Å². The van der Waals surface area contributed by atoms with E-state index in [-0.39, 0.29) is 12.5 Å². The van der Waals surface area contributed by atoms with Crippen molar-refractivity contribution in [1.29, 1.82) is 0 Å². The number of nitrogens with zero attached hydrogens (tertiary/aromatic N) is 3. The van der Waals surface area contributed by atoms with Gasteiger partial charge in [-0.1, -0.05) is 0 Å². The number of carboxylic acids is 1. The average Bonchev–Trinajstić information content (AvgIpc) is 2.84. The van der Waals surface area contributed by atoms with Gasteiger partial charge >= 0.3 is 5.97 Å². The first-order valence-corrected chi connectivity index (χ1v) is 6.77. The van der Waals surface area contributed by atoms with Gasteiger partial charge in [0, 0.05) is 32.9 Å². The maximum Gasteiger partial charge on any atom is 0.317 e. The number of likely N-dealkylation sites (tertiary alicyclic amines) is 1. The van der Waals surface area contributed by atoms with Crippen molar-refractivity contribution in [2.24, 2.45) is 13.0 Å². The van der Waals surface area contributed by atoms with Gasteiger partial charge in [-0.25, -0.2) is 0 Å². The molecule has 1 fully saturated rings. The lowest BCUT2D eigenvalue weighted by Crippen LogP contribution is -2.43. The highest BCUT2D eigenvalue weighted by molar-refractivity contribution is 5.92. The van der Waals surface area contributed by atoms with Gasteiger partial charge in [0.25, 0.3) is 5.91 Å². The van der Waals surface area contributed by atoms with E-state index in [1.165, 1.54) is 0 Å². The summed E-state index contributed by atoms with van der Waals surface area (Å²) in [5.74, 6) is -0.558. The molecule has 1 aromatic heterocycles. The van der Waals surface area contributed by atoms with Gasteiger partial charge in [0.15, 0.2) is 0 Å². The van der Waals surface area contributed by atoms with E-state index < -0.39 is 5.97 Å². The zero-order valence-electron chi connectivity index (χ0n) is 11.6. The third kappa shape index (κ3) is 3.57. The van der Waals surface area contributed by atoms with Crippen LogP contribution in [-0.2, 0) is 11.8 Å². The molecule has 0 saturated carbocycles. The minimum Gasteiger partial charge on any atom is -0.480 e. The molecule has 7 heteroatoms. The van der Waals surface area contributed by atoms with Crippen LogP contribution in [0.15, 0.2) is 12.3 Å². The Morgan fingerprint density at radius 3 is 3.00 bits per heavy atom.